The Labute approximate surface area is 167 Å². The van der Waals surface area contributed by atoms with Gasteiger partial charge in [0.1, 0.15) is 30.2 Å². The van der Waals surface area contributed by atoms with Gasteiger partial charge < -0.3 is 14.2 Å². The molecule has 0 unspecified atom stereocenters. The number of ether oxygens (including phenoxy) is 3. The number of aromatic nitrogens is 2. The van der Waals surface area contributed by atoms with Crippen LogP contribution in [-0.2, 0) is 16.1 Å². The minimum absolute atomic E-state index is 0.0532. The lowest BCUT2D eigenvalue weighted by Crippen LogP contribution is -2.18. The van der Waals surface area contributed by atoms with Gasteiger partial charge in [0.2, 0.25) is 0 Å². The molecule has 0 amide bonds. The van der Waals surface area contributed by atoms with E-state index in [1.54, 1.807) is 36.5 Å². The molecule has 7 nitrogen and oxygen atoms in total. The number of para-hydroxylation sites is 1. The van der Waals surface area contributed by atoms with E-state index in [-0.39, 0.29) is 18.3 Å². The van der Waals surface area contributed by atoms with Gasteiger partial charge in [-0.05, 0) is 43.5 Å². The number of aryl methyl sites for hydroxylation is 1. The highest BCUT2D eigenvalue weighted by Crippen LogP contribution is 2.21. The second-order valence-electron chi connectivity index (χ2n) is 7.04. The average molecular weight is 394 g/mol. The van der Waals surface area contributed by atoms with Crippen molar-refractivity contribution in [1.82, 2.24) is 9.38 Å². The molecule has 1 fully saturated rings. The van der Waals surface area contributed by atoms with Crippen molar-refractivity contribution in [1.29, 1.82) is 0 Å². The van der Waals surface area contributed by atoms with Gasteiger partial charge in [0.15, 0.2) is 0 Å². The Morgan fingerprint density at radius 2 is 2.14 bits per heavy atom. The summed E-state index contributed by atoms with van der Waals surface area (Å²) in [5, 5.41) is 0. The van der Waals surface area contributed by atoms with E-state index in [1.807, 2.05) is 13.0 Å². The molecule has 1 atom stereocenters. The summed E-state index contributed by atoms with van der Waals surface area (Å²) < 4.78 is 18.2. The van der Waals surface area contributed by atoms with Gasteiger partial charge >= 0.3 is 5.97 Å². The highest BCUT2D eigenvalue weighted by atomic mass is 16.5. The minimum Gasteiger partial charge on any atom is -0.490 e. The van der Waals surface area contributed by atoms with Crippen LogP contribution in [0.3, 0.4) is 0 Å². The van der Waals surface area contributed by atoms with E-state index in [2.05, 4.69) is 4.98 Å². The zero-order valence-corrected chi connectivity index (χ0v) is 16.2. The van der Waals surface area contributed by atoms with Crippen LogP contribution in [0, 0.1) is 6.92 Å². The van der Waals surface area contributed by atoms with E-state index in [0.717, 1.165) is 25.0 Å². The van der Waals surface area contributed by atoms with Crippen molar-refractivity contribution in [3.05, 3.63) is 75.8 Å². The molecule has 0 radical (unpaired) electrons. The van der Waals surface area contributed by atoms with E-state index in [9.17, 15) is 9.59 Å². The standard InChI is InChI=1S/C22H22N2O5/c1-15-8-9-20-23-16(11-21(25)24(20)12-15)13-29-22(26)18-6-2-3-7-19(18)28-14-17-5-4-10-27-17/h2-3,6-9,11-12,17H,4-5,10,13-14H2,1H3/t17-/m1/s1. The van der Waals surface area contributed by atoms with Gasteiger partial charge in [-0.15, -0.1) is 0 Å². The summed E-state index contributed by atoms with van der Waals surface area (Å²) in [6.45, 7) is 2.95. The highest BCUT2D eigenvalue weighted by Gasteiger charge is 2.19. The third kappa shape index (κ3) is 4.46. The van der Waals surface area contributed by atoms with Gasteiger partial charge in [-0.2, -0.15) is 0 Å². The van der Waals surface area contributed by atoms with Crippen LogP contribution in [0.2, 0.25) is 0 Å². The molecule has 1 saturated heterocycles. The van der Waals surface area contributed by atoms with E-state index in [0.29, 0.717) is 29.3 Å². The van der Waals surface area contributed by atoms with Gasteiger partial charge in [0, 0.05) is 18.9 Å². The zero-order valence-electron chi connectivity index (χ0n) is 16.2. The van der Waals surface area contributed by atoms with E-state index >= 15 is 0 Å². The number of esters is 1. The average Bonchev–Trinajstić information content (AvgIpc) is 3.25. The van der Waals surface area contributed by atoms with Crippen molar-refractivity contribution in [3.63, 3.8) is 0 Å². The first-order valence-corrected chi connectivity index (χ1v) is 9.59. The predicted molar refractivity (Wildman–Crippen MR) is 106 cm³/mol. The Morgan fingerprint density at radius 1 is 1.28 bits per heavy atom. The summed E-state index contributed by atoms with van der Waals surface area (Å²) in [6, 6.07) is 11.9. The number of nitrogens with zero attached hydrogens (tertiary/aromatic N) is 2. The number of hydrogen-bond acceptors (Lipinski definition) is 6. The molecule has 1 aliphatic rings. The Balaban J connectivity index is 1.45. The van der Waals surface area contributed by atoms with Crippen LogP contribution in [0.4, 0.5) is 0 Å². The molecule has 0 N–H and O–H groups in total. The summed E-state index contributed by atoms with van der Waals surface area (Å²) in [5.41, 5.74) is 1.98. The molecule has 4 rings (SSSR count). The quantitative estimate of drug-likeness (QED) is 0.598. The molecular formula is C22H22N2O5. The van der Waals surface area contributed by atoms with E-state index < -0.39 is 5.97 Å². The van der Waals surface area contributed by atoms with Crippen molar-refractivity contribution in [3.8, 4) is 5.75 Å². The fourth-order valence-corrected chi connectivity index (χ4v) is 3.27. The molecule has 7 heteroatoms. The number of carbonyl (C=O) groups is 1. The van der Waals surface area contributed by atoms with Crippen molar-refractivity contribution >= 4 is 11.6 Å². The number of fused-ring (bicyclic) bond motifs is 1. The third-order valence-electron chi connectivity index (χ3n) is 4.77. The largest absolute Gasteiger partial charge is 0.490 e. The van der Waals surface area contributed by atoms with Crippen molar-refractivity contribution in [2.75, 3.05) is 13.2 Å². The summed E-state index contributed by atoms with van der Waals surface area (Å²) in [5.74, 6) is -0.0751. The first-order valence-electron chi connectivity index (χ1n) is 9.59. The number of carbonyl (C=O) groups excluding carboxylic acids is 1. The maximum atomic E-state index is 12.6. The number of hydrogen-bond donors (Lipinski definition) is 0. The zero-order chi connectivity index (χ0) is 20.2. The normalized spacial score (nSPS) is 16.1. The SMILES string of the molecule is Cc1ccc2nc(COC(=O)c3ccccc3OC[C@H]3CCCO3)cc(=O)n2c1. The van der Waals surface area contributed by atoms with Crippen LogP contribution < -0.4 is 10.3 Å². The third-order valence-corrected chi connectivity index (χ3v) is 4.77. The van der Waals surface area contributed by atoms with Gasteiger partial charge in [0.05, 0.1) is 11.8 Å². The Morgan fingerprint density at radius 3 is 2.97 bits per heavy atom. The number of benzene rings is 1. The molecule has 0 bridgehead atoms. The minimum atomic E-state index is -0.529. The Bertz CT molecular complexity index is 1090. The van der Waals surface area contributed by atoms with Crippen molar-refractivity contribution in [2.24, 2.45) is 0 Å². The summed E-state index contributed by atoms with van der Waals surface area (Å²) in [7, 11) is 0. The predicted octanol–water partition coefficient (Wildman–Crippen LogP) is 2.92. The lowest BCUT2D eigenvalue weighted by molar-refractivity contribution is 0.0450. The van der Waals surface area contributed by atoms with Crippen molar-refractivity contribution in [2.45, 2.75) is 32.5 Å². The lowest BCUT2D eigenvalue weighted by Gasteiger charge is -2.14. The van der Waals surface area contributed by atoms with Gasteiger partial charge in [0.25, 0.3) is 5.56 Å². The molecule has 0 saturated carbocycles. The number of rotatable bonds is 6. The molecule has 3 aromatic rings. The highest BCUT2D eigenvalue weighted by molar-refractivity contribution is 5.92. The maximum absolute atomic E-state index is 12.6. The second-order valence-corrected chi connectivity index (χ2v) is 7.04. The lowest BCUT2D eigenvalue weighted by atomic mass is 10.2. The molecular weight excluding hydrogens is 372 g/mol. The Hall–Kier alpha value is -3.19. The van der Waals surface area contributed by atoms with E-state index in [1.165, 1.54) is 10.5 Å². The smallest absolute Gasteiger partial charge is 0.342 e. The molecule has 0 aliphatic carbocycles. The van der Waals surface area contributed by atoms with Crippen LogP contribution in [0.25, 0.3) is 5.65 Å². The topological polar surface area (TPSA) is 79.1 Å². The molecule has 0 spiro atoms. The fourth-order valence-electron chi connectivity index (χ4n) is 3.27. The van der Waals surface area contributed by atoms with Crippen LogP contribution in [0.5, 0.6) is 5.75 Å². The first kappa shape index (κ1) is 19.1. The van der Waals surface area contributed by atoms with Gasteiger partial charge in [-0.25, -0.2) is 9.78 Å². The van der Waals surface area contributed by atoms with Crippen LogP contribution in [-0.4, -0.2) is 34.7 Å². The molecule has 1 aliphatic heterocycles. The van der Waals surface area contributed by atoms with Gasteiger partial charge in [-0.3, -0.25) is 9.20 Å². The monoisotopic (exact) mass is 394 g/mol. The summed E-state index contributed by atoms with van der Waals surface area (Å²) in [4.78, 5) is 29.3. The molecule has 2 aromatic heterocycles. The first-order chi connectivity index (χ1) is 14.1. The maximum Gasteiger partial charge on any atom is 0.342 e. The summed E-state index contributed by atoms with van der Waals surface area (Å²) in [6.07, 6.45) is 3.76. The fraction of sp³-hybridized carbons (Fsp3) is 0.318. The second kappa shape index (κ2) is 8.45. The molecule has 150 valence electrons. The molecule has 1 aromatic carbocycles. The van der Waals surface area contributed by atoms with Crippen LogP contribution >= 0.6 is 0 Å². The van der Waals surface area contributed by atoms with Gasteiger partial charge in [-0.1, -0.05) is 18.2 Å². The molecule has 29 heavy (non-hydrogen) atoms. The van der Waals surface area contributed by atoms with Crippen LogP contribution in [0.15, 0.2) is 53.5 Å². The Kier molecular flexibility index (Phi) is 5.57. The van der Waals surface area contributed by atoms with Crippen molar-refractivity contribution < 1.29 is 19.0 Å². The molecule has 3 heterocycles. The van der Waals surface area contributed by atoms with E-state index in [4.69, 9.17) is 14.2 Å². The number of pyridine rings is 1. The summed E-state index contributed by atoms with van der Waals surface area (Å²) >= 11 is 0. The van der Waals surface area contributed by atoms with Crippen LogP contribution in [0.1, 0.15) is 34.5 Å².